The van der Waals surface area contributed by atoms with Crippen LogP contribution >= 0.6 is 0 Å². The molecule has 3 nitrogen and oxygen atoms in total. The molecule has 0 bridgehead atoms. The normalized spacial score (nSPS) is 32.6. The zero-order valence-corrected chi connectivity index (χ0v) is 11.0. The first-order valence-corrected chi connectivity index (χ1v) is 6.34. The summed E-state index contributed by atoms with van der Waals surface area (Å²) in [6, 6.07) is 0. The van der Waals surface area contributed by atoms with Crippen molar-refractivity contribution in [2.45, 2.75) is 32.3 Å². The Morgan fingerprint density at radius 3 is 2.61 bits per heavy atom. The Balaban J connectivity index is 2.14. The maximum absolute atomic E-state index is 12.5. The zero-order valence-electron chi connectivity index (χ0n) is 11.0. The van der Waals surface area contributed by atoms with Gasteiger partial charge in [-0.3, -0.25) is 4.79 Å². The Kier molecular flexibility index (Phi) is 2.26. The average Bonchev–Trinajstić information content (AvgIpc) is 3.03. The molecular formula is C15H18O3. The molecule has 18 heavy (non-hydrogen) atoms. The molecule has 3 rings (SSSR count). The van der Waals surface area contributed by atoms with Crippen LogP contribution in [0.2, 0.25) is 0 Å². The fourth-order valence-corrected chi connectivity index (χ4v) is 3.41. The maximum Gasteiger partial charge on any atom is 0.195 e. The predicted molar refractivity (Wildman–Crippen MR) is 68.0 cm³/mol. The van der Waals surface area contributed by atoms with E-state index in [4.69, 9.17) is 4.74 Å². The quantitative estimate of drug-likeness (QED) is 0.809. The summed E-state index contributed by atoms with van der Waals surface area (Å²) in [5.74, 6) is -0.136. The number of ketones is 1. The molecule has 0 aromatic heterocycles. The maximum atomic E-state index is 12.5. The lowest BCUT2D eigenvalue weighted by Crippen LogP contribution is -2.49. The number of fused-ring (bicyclic) bond motifs is 1. The standard InChI is InChI=1S/C15H18O3/c1-9-11-6-10(8-18-3)7-12(11)13(16)14(2,17)15(9)4-5-15/h6-7,17H,4-5,8H2,1-3H3/t14-/m0/s1. The number of Topliss-reactive ketones (excluding diaryl/α,β-unsaturated/α-hetero) is 1. The van der Waals surface area contributed by atoms with Crippen LogP contribution in [0, 0.1) is 5.41 Å². The molecule has 0 saturated heterocycles. The molecule has 0 aliphatic heterocycles. The Bertz CT molecular complexity index is 528. The number of ether oxygens (including phenoxy) is 1. The van der Waals surface area contributed by atoms with E-state index in [0.717, 1.165) is 29.6 Å². The summed E-state index contributed by atoms with van der Waals surface area (Å²) in [5.41, 5.74) is 2.27. The molecule has 3 aliphatic rings. The monoisotopic (exact) mass is 246 g/mol. The molecule has 0 aromatic rings. The highest BCUT2D eigenvalue weighted by atomic mass is 16.5. The van der Waals surface area contributed by atoms with Gasteiger partial charge in [0.05, 0.1) is 6.61 Å². The van der Waals surface area contributed by atoms with E-state index in [9.17, 15) is 9.90 Å². The number of methoxy groups -OCH3 is 1. The molecule has 0 amide bonds. The minimum Gasteiger partial charge on any atom is -0.381 e. The second-order valence-corrected chi connectivity index (χ2v) is 5.73. The summed E-state index contributed by atoms with van der Waals surface area (Å²) in [5, 5.41) is 10.6. The van der Waals surface area contributed by atoms with Gasteiger partial charge in [0.1, 0.15) is 5.60 Å². The van der Waals surface area contributed by atoms with Gasteiger partial charge in [0.25, 0.3) is 0 Å². The Hall–Kier alpha value is -1.19. The Labute approximate surface area is 107 Å². The van der Waals surface area contributed by atoms with Crippen molar-refractivity contribution in [3.63, 3.8) is 0 Å². The molecule has 3 heteroatoms. The third-order valence-corrected chi connectivity index (χ3v) is 4.75. The van der Waals surface area contributed by atoms with Gasteiger partial charge in [0.2, 0.25) is 0 Å². The van der Waals surface area contributed by atoms with Gasteiger partial charge in [-0.05, 0) is 50.0 Å². The molecule has 1 atom stereocenters. The second kappa shape index (κ2) is 3.43. The van der Waals surface area contributed by atoms with Crippen molar-refractivity contribution in [2.75, 3.05) is 13.7 Å². The van der Waals surface area contributed by atoms with Crippen LogP contribution in [0.15, 0.2) is 34.4 Å². The van der Waals surface area contributed by atoms with Crippen LogP contribution in [0.4, 0.5) is 0 Å². The topological polar surface area (TPSA) is 46.5 Å². The van der Waals surface area contributed by atoms with Crippen molar-refractivity contribution in [3.8, 4) is 0 Å². The van der Waals surface area contributed by atoms with E-state index in [-0.39, 0.29) is 11.2 Å². The van der Waals surface area contributed by atoms with Gasteiger partial charge >= 0.3 is 0 Å². The Morgan fingerprint density at radius 2 is 2.06 bits per heavy atom. The van der Waals surface area contributed by atoms with E-state index in [2.05, 4.69) is 0 Å². The molecule has 1 saturated carbocycles. The van der Waals surface area contributed by atoms with E-state index in [1.165, 1.54) is 0 Å². The number of rotatable bonds is 2. The minimum absolute atomic E-state index is 0.136. The van der Waals surface area contributed by atoms with Gasteiger partial charge in [0.15, 0.2) is 5.78 Å². The number of hydrogen-bond acceptors (Lipinski definition) is 3. The smallest absolute Gasteiger partial charge is 0.195 e. The molecule has 0 heterocycles. The lowest BCUT2D eigenvalue weighted by Gasteiger charge is -2.38. The molecule has 1 fully saturated rings. The highest BCUT2D eigenvalue weighted by Crippen LogP contribution is 2.64. The van der Waals surface area contributed by atoms with Gasteiger partial charge in [-0.2, -0.15) is 0 Å². The number of allylic oxidation sites excluding steroid dienone is 2. The van der Waals surface area contributed by atoms with Gasteiger partial charge < -0.3 is 9.84 Å². The number of aliphatic hydroxyl groups is 1. The van der Waals surface area contributed by atoms with E-state index >= 15 is 0 Å². The fourth-order valence-electron chi connectivity index (χ4n) is 3.41. The van der Waals surface area contributed by atoms with Crippen LogP contribution in [0.25, 0.3) is 0 Å². The molecule has 0 unspecified atom stereocenters. The Morgan fingerprint density at radius 1 is 1.39 bits per heavy atom. The molecule has 0 radical (unpaired) electrons. The SMILES string of the molecule is COCC1=CC2=C(C)C3(CC3)[C@@](C)(O)C(=O)C2=C1. The van der Waals surface area contributed by atoms with E-state index in [0.29, 0.717) is 12.2 Å². The lowest BCUT2D eigenvalue weighted by molar-refractivity contribution is -0.137. The third-order valence-electron chi connectivity index (χ3n) is 4.75. The second-order valence-electron chi connectivity index (χ2n) is 5.73. The average molecular weight is 246 g/mol. The van der Waals surface area contributed by atoms with E-state index in [1.807, 2.05) is 19.1 Å². The van der Waals surface area contributed by atoms with Crippen LogP contribution in [0.3, 0.4) is 0 Å². The molecule has 1 N–H and O–H groups in total. The van der Waals surface area contributed by atoms with Crippen LogP contribution < -0.4 is 0 Å². The first-order chi connectivity index (χ1) is 8.44. The molecule has 3 aliphatic carbocycles. The molecular weight excluding hydrogens is 228 g/mol. The fraction of sp³-hybridized carbons (Fsp3) is 0.533. The van der Waals surface area contributed by atoms with Crippen molar-refractivity contribution >= 4 is 5.78 Å². The first kappa shape index (κ1) is 11.9. The van der Waals surface area contributed by atoms with Crippen LogP contribution in [0.5, 0.6) is 0 Å². The zero-order chi connectivity index (χ0) is 13.1. The highest BCUT2D eigenvalue weighted by Gasteiger charge is 2.64. The number of carbonyl (C=O) groups excluding carboxylic acids is 1. The molecule has 96 valence electrons. The van der Waals surface area contributed by atoms with Crippen molar-refractivity contribution in [1.82, 2.24) is 0 Å². The van der Waals surface area contributed by atoms with Crippen molar-refractivity contribution in [2.24, 2.45) is 5.41 Å². The van der Waals surface area contributed by atoms with Gasteiger partial charge in [0, 0.05) is 18.1 Å². The van der Waals surface area contributed by atoms with Crippen molar-refractivity contribution < 1.29 is 14.6 Å². The first-order valence-electron chi connectivity index (χ1n) is 6.34. The summed E-state index contributed by atoms with van der Waals surface area (Å²) in [4.78, 5) is 12.5. The minimum atomic E-state index is -1.25. The van der Waals surface area contributed by atoms with Gasteiger partial charge in [-0.15, -0.1) is 0 Å². The summed E-state index contributed by atoms with van der Waals surface area (Å²) in [7, 11) is 1.64. The largest absolute Gasteiger partial charge is 0.381 e. The van der Waals surface area contributed by atoms with Gasteiger partial charge in [-0.25, -0.2) is 0 Å². The van der Waals surface area contributed by atoms with Crippen LogP contribution in [-0.4, -0.2) is 30.2 Å². The number of carbonyl (C=O) groups is 1. The summed E-state index contributed by atoms with van der Waals surface area (Å²) < 4.78 is 5.11. The third kappa shape index (κ3) is 1.24. The summed E-state index contributed by atoms with van der Waals surface area (Å²) in [6.07, 6.45) is 5.69. The van der Waals surface area contributed by atoms with E-state index in [1.54, 1.807) is 14.0 Å². The van der Waals surface area contributed by atoms with Crippen molar-refractivity contribution in [1.29, 1.82) is 0 Å². The number of hydrogen-bond donors (Lipinski definition) is 1. The van der Waals surface area contributed by atoms with Crippen molar-refractivity contribution in [3.05, 3.63) is 34.4 Å². The molecule has 0 aromatic carbocycles. The molecule has 1 spiro atoms. The van der Waals surface area contributed by atoms with Crippen LogP contribution in [-0.2, 0) is 9.53 Å². The van der Waals surface area contributed by atoms with Crippen LogP contribution in [0.1, 0.15) is 26.7 Å². The van der Waals surface area contributed by atoms with Gasteiger partial charge in [-0.1, -0.05) is 5.57 Å². The highest BCUT2D eigenvalue weighted by molar-refractivity contribution is 6.10. The lowest BCUT2D eigenvalue weighted by atomic mass is 9.68. The summed E-state index contributed by atoms with van der Waals surface area (Å²) >= 11 is 0. The van der Waals surface area contributed by atoms with E-state index < -0.39 is 5.60 Å². The summed E-state index contributed by atoms with van der Waals surface area (Å²) in [6.45, 7) is 4.21. The predicted octanol–water partition coefficient (Wildman–Crippen LogP) is 1.93.